The van der Waals surface area contributed by atoms with Crippen LogP contribution in [0.25, 0.3) is 0 Å². The number of aryl methyl sites for hydroxylation is 1. The van der Waals surface area contributed by atoms with Gasteiger partial charge in [-0.1, -0.05) is 17.7 Å². The number of nitrogens with one attached hydrogen (secondary N) is 2. The Hall–Kier alpha value is -2.95. The van der Waals surface area contributed by atoms with Crippen molar-refractivity contribution in [3.8, 4) is 5.75 Å². The number of halogens is 2. The number of hydrogen-bond donors (Lipinski definition) is 2. The van der Waals surface area contributed by atoms with Crippen LogP contribution in [0.4, 0.5) is 10.1 Å². The van der Waals surface area contributed by atoms with Gasteiger partial charge in [0.25, 0.3) is 5.91 Å². The third-order valence-electron chi connectivity index (χ3n) is 5.02. The van der Waals surface area contributed by atoms with E-state index in [9.17, 15) is 17.6 Å². The van der Waals surface area contributed by atoms with Crippen LogP contribution in [-0.2, 0) is 23.5 Å². The number of benzene rings is 1. The van der Waals surface area contributed by atoms with Crippen LogP contribution in [0.3, 0.4) is 0 Å². The normalized spacial score (nSPS) is 19.5. The molecule has 1 amide bonds. The number of fused-ring (bicyclic) bond motifs is 1. The molecule has 168 valence electrons. The van der Waals surface area contributed by atoms with Gasteiger partial charge in [-0.2, -0.15) is 0 Å². The highest BCUT2D eigenvalue weighted by Gasteiger charge is 2.40. The molecule has 2 aromatic heterocycles. The molecule has 1 atom stereocenters. The van der Waals surface area contributed by atoms with E-state index in [1.807, 2.05) is 6.07 Å². The summed E-state index contributed by atoms with van der Waals surface area (Å²) < 4.78 is 49.6. The lowest BCUT2D eigenvalue weighted by Gasteiger charge is -2.27. The molecule has 0 saturated carbocycles. The maximum Gasteiger partial charge on any atom is 0.276 e. The molecule has 3 aromatic rings. The monoisotopic (exact) mass is 478 g/mol. The number of anilines is 1. The zero-order valence-corrected chi connectivity index (χ0v) is 18.8. The second kappa shape index (κ2) is 8.19. The van der Waals surface area contributed by atoms with E-state index in [1.54, 1.807) is 25.4 Å². The van der Waals surface area contributed by atoms with Crippen molar-refractivity contribution in [2.45, 2.75) is 23.8 Å². The highest BCUT2D eigenvalue weighted by atomic mass is 35.5. The minimum absolute atomic E-state index is 0.0106. The first-order valence-corrected chi connectivity index (χ1v) is 11.5. The van der Waals surface area contributed by atoms with Crippen molar-refractivity contribution in [3.63, 3.8) is 0 Å². The Kier molecular flexibility index (Phi) is 5.70. The van der Waals surface area contributed by atoms with Crippen molar-refractivity contribution in [2.75, 3.05) is 11.9 Å². The number of pyridine rings is 1. The molecular weight excluding hydrogens is 459 g/mol. The van der Waals surface area contributed by atoms with E-state index in [0.717, 1.165) is 11.6 Å². The van der Waals surface area contributed by atoms with Crippen molar-refractivity contribution in [1.82, 2.24) is 14.3 Å². The first-order chi connectivity index (χ1) is 15.1. The molecule has 1 aliphatic heterocycles. The van der Waals surface area contributed by atoms with Gasteiger partial charge in [-0.3, -0.25) is 9.78 Å². The molecule has 1 aromatic carbocycles. The van der Waals surface area contributed by atoms with Gasteiger partial charge in [-0.05, 0) is 43.2 Å². The molecule has 0 aliphatic carbocycles. The van der Waals surface area contributed by atoms with Gasteiger partial charge in [-0.25, -0.2) is 17.5 Å². The molecular formula is C21H20ClFN4O4S. The van der Waals surface area contributed by atoms with E-state index < -0.39 is 27.3 Å². The van der Waals surface area contributed by atoms with Crippen LogP contribution < -0.4 is 14.8 Å². The predicted molar refractivity (Wildman–Crippen MR) is 117 cm³/mol. The average Bonchev–Trinajstić information content (AvgIpc) is 3.02. The Morgan fingerprint density at radius 3 is 2.88 bits per heavy atom. The van der Waals surface area contributed by atoms with E-state index >= 15 is 0 Å². The number of amides is 1. The van der Waals surface area contributed by atoms with Gasteiger partial charge in [0, 0.05) is 31.3 Å². The first kappa shape index (κ1) is 22.3. The van der Waals surface area contributed by atoms with Gasteiger partial charge >= 0.3 is 0 Å². The number of sulfonamides is 1. The largest absolute Gasteiger partial charge is 0.488 e. The lowest BCUT2D eigenvalue weighted by molar-refractivity contribution is 0.101. The van der Waals surface area contributed by atoms with Gasteiger partial charge < -0.3 is 14.6 Å². The Labute approximate surface area is 189 Å². The predicted octanol–water partition coefficient (Wildman–Crippen LogP) is 3.14. The molecule has 32 heavy (non-hydrogen) atoms. The SMILES string of the molecule is Cn1cc2c(c1C(=O)Nc1ccc(F)c(Cl)c1)OCC(C)(Cc1cccnc1)NS2(=O)=O. The Bertz CT molecular complexity index is 1300. The topological polar surface area (TPSA) is 102 Å². The molecule has 1 unspecified atom stereocenters. The van der Waals surface area contributed by atoms with Crippen molar-refractivity contribution < 1.29 is 22.3 Å². The van der Waals surface area contributed by atoms with Crippen LogP contribution in [0.15, 0.2) is 53.8 Å². The lowest BCUT2D eigenvalue weighted by Crippen LogP contribution is -2.50. The molecule has 3 heterocycles. The van der Waals surface area contributed by atoms with E-state index in [1.165, 1.54) is 29.9 Å². The third-order valence-corrected chi connectivity index (χ3v) is 6.94. The van der Waals surface area contributed by atoms with Crippen LogP contribution in [0.5, 0.6) is 5.75 Å². The molecule has 0 spiro atoms. The van der Waals surface area contributed by atoms with E-state index in [2.05, 4.69) is 15.0 Å². The lowest BCUT2D eigenvalue weighted by atomic mass is 9.96. The Balaban J connectivity index is 1.66. The minimum Gasteiger partial charge on any atom is -0.488 e. The minimum atomic E-state index is -3.99. The van der Waals surface area contributed by atoms with Crippen LogP contribution in [-0.4, -0.2) is 36.0 Å². The molecule has 0 radical (unpaired) electrons. The van der Waals surface area contributed by atoms with Crippen LogP contribution >= 0.6 is 11.6 Å². The van der Waals surface area contributed by atoms with Crippen molar-refractivity contribution in [3.05, 3.63) is 71.0 Å². The third kappa shape index (κ3) is 4.34. The molecule has 0 saturated heterocycles. The number of hydrogen-bond acceptors (Lipinski definition) is 5. The van der Waals surface area contributed by atoms with Crippen molar-refractivity contribution >= 4 is 33.2 Å². The van der Waals surface area contributed by atoms with Gasteiger partial charge in [0.15, 0.2) is 11.4 Å². The summed E-state index contributed by atoms with van der Waals surface area (Å²) in [6.07, 6.45) is 4.95. The first-order valence-electron chi connectivity index (χ1n) is 9.59. The summed E-state index contributed by atoms with van der Waals surface area (Å²) in [5.74, 6) is -1.30. The van der Waals surface area contributed by atoms with Gasteiger partial charge in [0.1, 0.15) is 17.3 Å². The zero-order chi connectivity index (χ0) is 23.1. The summed E-state index contributed by atoms with van der Waals surface area (Å²) in [5.41, 5.74) is 0.133. The molecule has 8 nitrogen and oxygen atoms in total. The van der Waals surface area contributed by atoms with Gasteiger partial charge in [-0.15, -0.1) is 0 Å². The summed E-state index contributed by atoms with van der Waals surface area (Å²) in [6, 6.07) is 7.35. The fraction of sp³-hybridized carbons (Fsp3) is 0.238. The number of ether oxygens (including phenoxy) is 1. The number of aromatic nitrogens is 2. The molecule has 0 fully saturated rings. The number of carbonyl (C=O) groups excluding carboxylic acids is 1. The highest BCUT2D eigenvalue weighted by Crippen LogP contribution is 2.35. The fourth-order valence-corrected chi connectivity index (χ4v) is 5.38. The van der Waals surface area contributed by atoms with Crippen LogP contribution in [0.1, 0.15) is 23.0 Å². The molecule has 0 bridgehead atoms. The smallest absolute Gasteiger partial charge is 0.276 e. The standard InChI is InChI=1S/C21H20ClFN4O4S/c1-21(9-13-4-3-7-24-10-13)12-31-19-17(32(29,30)26-21)11-27(2)18(19)20(28)25-14-5-6-16(23)15(22)8-14/h3-8,10-11,26H,9,12H2,1-2H3,(H,25,28). The van der Waals surface area contributed by atoms with E-state index in [-0.39, 0.29) is 33.7 Å². The second-order valence-corrected chi connectivity index (χ2v) is 9.92. The quantitative estimate of drug-likeness (QED) is 0.599. The van der Waals surface area contributed by atoms with Crippen molar-refractivity contribution in [1.29, 1.82) is 0 Å². The summed E-state index contributed by atoms with van der Waals surface area (Å²) in [6.45, 7) is 1.71. The van der Waals surface area contributed by atoms with E-state index in [4.69, 9.17) is 16.3 Å². The van der Waals surface area contributed by atoms with Gasteiger partial charge in [0.05, 0.1) is 10.6 Å². The molecule has 1 aliphatic rings. The average molecular weight is 479 g/mol. The summed E-state index contributed by atoms with van der Waals surface area (Å²) in [5, 5.41) is 2.45. The van der Waals surface area contributed by atoms with Crippen molar-refractivity contribution in [2.24, 2.45) is 7.05 Å². The summed E-state index contributed by atoms with van der Waals surface area (Å²) in [4.78, 5) is 16.9. The van der Waals surface area contributed by atoms with Crippen LogP contribution in [0, 0.1) is 5.82 Å². The highest BCUT2D eigenvalue weighted by molar-refractivity contribution is 7.89. The Morgan fingerprint density at radius 1 is 1.41 bits per heavy atom. The second-order valence-electron chi connectivity index (χ2n) is 7.86. The fourth-order valence-electron chi connectivity index (χ4n) is 3.61. The zero-order valence-electron chi connectivity index (χ0n) is 17.2. The maximum atomic E-state index is 13.4. The molecule has 11 heteroatoms. The Morgan fingerprint density at radius 2 is 2.19 bits per heavy atom. The van der Waals surface area contributed by atoms with E-state index in [0.29, 0.717) is 6.42 Å². The summed E-state index contributed by atoms with van der Waals surface area (Å²) in [7, 11) is -2.46. The van der Waals surface area contributed by atoms with Gasteiger partial charge in [0.2, 0.25) is 10.0 Å². The molecule has 2 N–H and O–H groups in total. The number of carbonyl (C=O) groups is 1. The van der Waals surface area contributed by atoms with Crippen LogP contribution in [0.2, 0.25) is 5.02 Å². The molecule has 4 rings (SSSR count). The number of rotatable bonds is 4. The summed E-state index contributed by atoms with van der Waals surface area (Å²) >= 11 is 5.78. The number of nitrogens with zero attached hydrogens (tertiary/aromatic N) is 2. The maximum absolute atomic E-state index is 13.4.